The van der Waals surface area contributed by atoms with Gasteiger partial charge >= 0.3 is 6.03 Å². The topological polar surface area (TPSA) is 102 Å². The fourth-order valence-corrected chi connectivity index (χ4v) is 5.06. The number of carbonyl (C=O) groups excluding carboxylic acids is 1. The van der Waals surface area contributed by atoms with Crippen LogP contribution >= 0.6 is 11.6 Å². The zero-order chi connectivity index (χ0) is 21.0. The Morgan fingerprint density at radius 3 is 2.87 bits per heavy atom. The van der Waals surface area contributed by atoms with Crippen molar-refractivity contribution in [2.45, 2.75) is 44.7 Å². The minimum Gasteiger partial charge on any atom is -0.423 e. The molecule has 9 nitrogen and oxygen atoms in total. The minimum atomic E-state index is -0.536. The van der Waals surface area contributed by atoms with Gasteiger partial charge in [-0.05, 0) is 37.0 Å². The predicted molar refractivity (Wildman–Crippen MR) is 110 cm³/mol. The van der Waals surface area contributed by atoms with E-state index in [1.807, 2.05) is 4.90 Å². The van der Waals surface area contributed by atoms with Crippen molar-refractivity contribution in [3.05, 3.63) is 41.3 Å². The number of hydrogen-bond acceptors (Lipinski definition) is 6. The summed E-state index contributed by atoms with van der Waals surface area (Å²) in [6.07, 6.45) is 4.22. The third-order valence-corrected chi connectivity index (χ3v) is 6.29. The second kappa shape index (κ2) is 6.80. The Morgan fingerprint density at radius 2 is 2.17 bits per heavy atom. The van der Waals surface area contributed by atoms with E-state index in [4.69, 9.17) is 16.0 Å². The van der Waals surface area contributed by atoms with E-state index >= 15 is 0 Å². The van der Waals surface area contributed by atoms with E-state index in [1.165, 1.54) is 0 Å². The van der Waals surface area contributed by atoms with E-state index in [-0.39, 0.29) is 12.1 Å². The molecule has 2 unspecified atom stereocenters. The molecule has 3 heterocycles. The monoisotopic (exact) mass is 427 g/mol. The van der Waals surface area contributed by atoms with Gasteiger partial charge in [-0.25, -0.2) is 9.78 Å². The molecular weight excluding hydrogens is 406 g/mol. The molecular formula is C20H22ClN7O2. The highest BCUT2D eigenvalue weighted by Gasteiger charge is 2.62. The highest BCUT2D eigenvalue weighted by Crippen LogP contribution is 2.55. The van der Waals surface area contributed by atoms with Crippen molar-refractivity contribution in [1.82, 2.24) is 29.9 Å². The van der Waals surface area contributed by atoms with Crippen LogP contribution in [0.2, 0.25) is 5.02 Å². The highest BCUT2D eigenvalue weighted by molar-refractivity contribution is 6.33. The number of rotatable bonds is 3. The van der Waals surface area contributed by atoms with Crippen LogP contribution in [0, 0.1) is 12.8 Å². The Morgan fingerprint density at radius 1 is 1.33 bits per heavy atom. The Hall–Kier alpha value is -2.94. The van der Waals surface area contributed by atoms with Gasteiger partial charge in [0.1, 0.15) is 11.9 Å². The summed E-state index contributed by atoms with van der Waals surface area (Å²) in [6, 6.07) is 5.27. The summed E-state index contributed by atoms with van der Waals surface area (Å²) in [5.74, 6) is 2.02. The molecule has 1 saturated heterocycles. The molecule has 5 rings (SSSR count). The third-order valence-electron chi connectivity index (χ3n) is 5.96. The van der Waals surface area contributed by atoms with Crippen LogP contribution in [-0.4, -0.2) is 41.9 Å². The fraction of sp³-hybridized carbons (Fsp3) is 0.450. The molecule has 0 spiro atoms. The number of likely N-dealkylation sites (tertiary alicyclic amines) is 1. The fourth-order valence-electron chi connectivity index (χ4n) is 4.85. The first-order valence-corrected chi connectivity index (χ1v) is 10.3. The Labute approximate surface area is 178 Å². The van der Waals surface area contributed by atoms with Crippen molar-refractivity contribution in [3.63, 3.8) is 0 Å². The molecule has 1 aromatic carbocycles. The molecule has 10 heteroatoms. The van der Waals surface area contributed by atoms with Crippen LogP contribution in [-0.2, 0) is 12.6 Å². The molecule has 2 amide bonds. The van der Waals surface area contributed by atoms with E-state index in [2.05, 4.69) is 32.5 Å². The van der Waals surface area contributed by atoms with E-state index < -0.39 is 5.54 Å². The van der Waals surface area contributed by atoms with Gasteiger partial charge in [0.2, 0.25) is 11.8 Å². The number of aromatic nitrogens is 5. The number of benzene rings is 1. The summed E-state index contributed by atoms with van der Waals surface area (Å²) in [4.78, 5) is 19.4. The molecule has 30 heavy (non-hydrogen) atoms. The molecule has 1 saturated carbocycles. The molecule has 0 radical (unpaired) electrons. The van der Waals surface area contributed by atoms with Crippen LogP contribution in [0.25, 0.3) is 11.4 Å². The van der Waals surface area contributed by atoms with Crippen molar-refractivity contribution in [1.29, 1.82) is 0 Å². The maximum atomic E-state index is 13.3. The van der Waals surface area contributed by atoms with E-state index in [0.717, 1.165) is 19.3 Å². The number of piperidine rings is 1. The molecule has 1 aliphatic heterocycles. The lowest BCUT2D eigenvalue weighted by atomic mass is 9.64. The first kappa shape index (κ1) is 19.0. The first-order valence-electron chi connectivity index (χ1n) is 9.92. The average Bonchev–Trinajstić information content (AvgIpc) is 3.31. The minimum absolute atomic E-state index is 0.158. The number of carbonyl (C=O) groups is 1. The average molecular weight is 428 g/mol. The lowest BCUT2D eigenvalue weighted by Crippen LogP contribution is -2.70. The van der Waals surface area contributed by atoms with E-state index in [0.29, 0.717) is 39.8 Å². The maximum absolute atomic E-state index is 13.3. The summed E-state index contributed by atoms with van der Waals surface area (Å²) < 4.78 is 7.36. The summed E-state index contributed by atoms with van der Waals surface area (Å²) >= 11 is 6.34. The molecule has 2 aliphatic rings. The van der Waals surface area contributed by atoms with Crippen molar-refractivity contribution in [3.8, 4) is 11.4 Å². The van der Waals surface area contributed by atoms with Gasteiger partial charge < -0.3 is 14.6 Å². The second-order valence-corrected chi connectivity index (χ2v) is 8.70. The van der Waals surface area contributed by atoms with Crippen molar-refractivity contribution < 1.29 is 9.21 Å². The lowest BCUT2D eigenvalue weighted by molar-refractivity contribution is -0.110. The van der Waals surface area contributed by atoms with E-state index in [9.17, 15) is 4.79 Å². The van der Waals surface area contributed by atoms with Crippen molar-refractivity contribution in [2.24, 2.45) is 13.0 Å². The number of nitrogens with zero attached hydrogens (tertiary/aromatic N) is 6. The van der Waals surface area contributed by atoms with Crippen LogP contribution in [0.4, 0.5) is 10.5 Å². The Bertz CT molecular complexity index is 1130. The van der Waals surface area contributed by atoms with Crippen LogP contribution in [0.1, 0.15) is 38.0 Å². The normalized spacial score (nSPS) is 25.1. The van der Waals surface area contributed by atoms with Crippen LogP contribution in [0.3, 0.4) is 0 Å². The van der Waals surface area contributed by atoms with Gasteiger partial charge in [0.05, 0.1) is 5.02 Å². The lowest BCUT2D eigenvalue weighted by Gasteiger charge is -2.61. The zero-order valence-electron chi connectivity index (χ0n) is 17.0. The Balaban J connectivity index is 1.43. The molecule has 1 aliphatic carbocycles. The molecule has 2 aromatic heterocycles. The quantitative estimate of drug-likeness (QED) is 0.682. The van der Waals surface area contributed by atoms with Gasteiger partial charge in [-0.3, -0.25) is 4.68 Å². The number of urea groups is 1. The molecule has 3 atom stereocenters. The van der Waals surface area contributed by atoms with E-state index in [1.54, 1.807) is 43.2 Å². The number of hydrogen-bond donors (Lipinski definition) is 1. The largest absolute Gasteiger partial charge is 0.423 e. The van der Waals surface area contributed by atoms with Gasteiger partial charge in [-0.1, -0.05) is 18.5 Å². The SMILES string of the molecule is Cc1nnc(C23CC(C[C@@H](C)C2)N3C(=O)Nc2ccc(Cl)c(-c3ncn(C)n3)c2)o1. The van der Waals surface area contributed by atoms with Crippen molar-refractivity contribution in [2.75, 3.05) is 5.32 Å². The Kier molecular flexibility index (Phi) is 4.32. The summed E-state index contributed by atoms with van der Waals surface area (Å²) in [7, 11) is 1.79. The van der Waals surface area contributed by atoms with Gasteiger partial charge in [-0.2, -0.15) is 5.10 Å². The number of aryl methyl sites for hydroxylation is 2. The number of fused-ring (bicyclic) bond motifs is 2. The highest BCUT2D eigenvalue weighted by atomic mass is 35.5. The van der Waals surface area contributed by atoms with Crippen LogP contribution in [0.15, 0.2) is 28.9 Å². The van der Waals surface area contributed by atoms with Gasteiger partial charge in [0, 0.05) is 37.7 Å². The van der Waals surface area contributed by atoms with Crippen LogP contribution in [0.5, 0.6) is 0 Å². The molecule has 2 bridgehead atoms. The zero-order valence-corrected chi connectivity index (χ0v) is 17.7. The smallest absolute Gasteiger partial charge is 0.323 e. The number of halogens is 1. The first-order chi connectivity index (χ1) is 14.4. The standard InChI is InChI=1S/C20H22ClN7O2/c1-11-6-14-9-20(8-11,18-25-24-12(2)30-18)28(14)19(29)23-13-4-5-16(21)15(7-13)17-22-10-27(3)26-17/h4-5,7,10-11,14H,6,8-9H2,1-3H3,(H,23,29)/t11-,14?,20?/m1/s1. The number of anilines is 1. The predicted octanol–water partition coefficient (Wildman–Crippen LogP) is 3.76. The molecule has 3 aromatic rings. The molecule has 156 valence electrons. The van der Waals surface area contributed by atoms with Gasteiger partial charge in [-0.15, -0.1) is 10.2 Å². The summed E-state index contributed by atoms with van der Waals surface area (Å²) in [5.41, 5.74) is 0.752. The maximum Gasteiger partial charge on any atom is 0.323 e. The van der Waals surface area contributed by atoms with Gasteiger partial charge in [0.25, 0.3) is 0 Å². The van der Waals surface area contributed by atoms with Crippen LogP contribution < -0.4 is 5.32 Å². The second-order valence-electron chi connectivity index (χ2n) is 8.30. The summed E-state index contributed by atoms with van der Waals surface area (Å²) in [6.45, 7) is 3.96. The molecule has 1 N–H and O–H groups in total. The van der Waals surface area contributed by atoms with Gasteiger partial charge in [0.15, 0.2) is 5.82 Å². The van der Waals surface area contributed by atoms with Crippen molar-refractivity contribution >= 4 is 23.3 Å². The number of nitrogens with one attached hydrogen (secondary N) is 1. The summed E-state index contributed by atoms with van der Waals surface area (Å²) in [5, 5.41) is 16.1. The third kappa shape index (κ3) is 2.96. The molecule has 2 fully saturated rings. The number of amides is 2.